The van der Waals surface area contributed by atoms with Gasteiger partial charge in [0.25, 0.3) is 0 Å². The Balaban J connectivity index is 1.56. The van der Waals surface area contributed by atoms with Gasteiger partial charge in [-0.3, -0.25) is 0 Å². The quantitative estimate of drug-likeness (QED) is 0.901. The van der Waals surface area contributed by atoms with E-state index >= 15 is 0 Å². The summed E-state index contributed by atoms with van der Waals surface area (Å²) >= 11 is 0. The lowest BCUT2D eigenvalue weighted by Gasteiger charge is -2.47. The van der Waals surface area contributed by atoms with Crippen LogP contribution >= 0.6 is 0 Å². The number of aromatic nitrogens is 2. The minimum Gasteiger partial charge on any atom is -0.308 e. The molecule has 19 heavy (non-hydrogen) atoms. The summed E-state index contributed by atoms with van der Waals surface area (Å²) in [5.41, 5.74) is 1.11. The fourth-order valence-electron chi connectivity index (χ4n) is 3.63. The third-order valence-electron chi connectivity index (χ3n) is 4.75. The van der Waals surface area contributed by atoms with Crippen LogP contribution in [-0.4, -0.2) is 40.0 Å². The van der Waals surface area contributed by atoms with Crippen LogP contribution in [0.15, 0.2) is 12.3 Å². The Labute approximate surface area is 115 Å². The minimum atomic E-state index is 0.654. The molecule has 2 aliphatic rings. The number of aryl methyl sites for hydroxylation is 1. The molecule has 0 saturated carbocycles. The van der Waals surface area contributed by atoms with Gasteiger partial charge >= 0.3 is 0 Å². The highest BCUT2D eigenvalue weighted by Crippen LogP contribution is 2.32. The monoisotopic (exact) mass is 260 g/mol. The van der Waals surface area contributed by atoms with Crippen molar-refractivity contribution >= 4 is 0 Å². The molecule has 2 aliphatic heterocycles. The van der Waals surface area contributed by atoms with Gasteiger partial charge in [-0.1, -0.05) is 6.42 Å². The van der Waals surface area contributed by atoms with Gasteiger partial charge in [0.05, 0.1) is 5.69 Å². The molecule has 1 aromatic heterocycles. The molecule has 4 heteroatoms. The zero-order valence-corrected chi connectivity index (χ0v) is 12.0. The Hall–Kier alpha value is -1.00. The average molecular weight is 260 g/mol. The summed E-state index contributed by atoms with van der Waals surface area (Å²) in [6.07, 6.45) is 8.59. The van der Waals surface area contributed by atoms with Gasteiger partial charge in [0.15, 0.2) is 0 Å². The molecule has 1 N–H and O–H groups in total. The SMILES string of the molecule is Cc1nccc(CNC2CC3CCCC(C2)N3C)n1. The van der Waals surface area contributed by atoms with Gasteiger partial charge in [-0.2, -0.15) is 0 Å². The molecule has 3 heterocycles. The van der Waals surface area contributed by atoms with Crippen LogP contribution in [0, 0.1) is 6.92 Å². The number of piperidine rings is 2. The third-order valence-corrected chi connectivity index (χ3v) is 4.75. The molecular formula is C15H24N4. The maximum absolute atomic E-state index is 4.46. The zero-order valence-electron chi connectivity index (χ0n) is 12.0. The second kappa shape index (κ2) is 5.55. The number of nitrogens with one attached hydrogen (secondary N) is 1. The lowest BCUT2D eigenvalue weighted by molar-refractivity contribution is 0.0481. The molecule has 3 rings (SSSR count). The summed E-state index contributed by atoms with van der Waals surface area (Å²) in [5.74, 6) is 0.861. The van der Waals surface area contributed by atoms with Gasteiger partial charge < -0.3 is 10.2 Å². The number of nitrogens with zero attached hydrogens (tertiary/aromatic N) is 3. The largest absolute Gasteiger partial charge is 0.308 e. The molecule has 2 bridgehead atoms. The highest BCUT2D eigenvalue weighted by atomic mass is 15.2. The summed E-state index contributed by atoms with van der Waals surface area (Å²) in [6, 6.07) is 4.24. The summed E-state index contributed by atoms with van der Waals surface area (Å²) in [6.45, 7) is 2.82. The molecule has 2 fully saturated rings. The Bertz CT molecular complexity index is 420. The Morgan fingerprint density at radius 3 is 2.74 bits per heavy atom. The first-order chi connectivity index (χ1) is 9.22. The first kappa shape index (κ1) is 13.0. The predicted octanol–water partition coefficient (Wildman–Crippen LogP) is 1.89. The Kier molecular flexibility index (Phi) is 3.80. The van der Waals surface area contributed by atoms with Gasteiger partial charge in [-0.25, -0.2) is 9.97 Å². The van der Waals surface area contributed by atoms with Gasteiger partial charge in [-0.05, 0) is 45.7 Å². The molecule has 2 saturated heterocycles. The minimum absolute atomic E-state index is 0.654. The number of hydrogen-bond donors (Lipinski definition) is 1. The second-order valence-corrected chi connectivity index (χ2v) is 6.05. The van der Waals surface area contributed by atoms with Gasteiger partial charge in [0, 0.05) is 30.9 Å². The fraction of sp³-hybridized carbons (Fsp3) is 0.733. The lowest BCUT2D eigenvalue weighted by Crippen LogP contribution is -2.54. The van der Waals surface area contributed by atoms with E-state index in [9.17, 15) is 0 Å². The van der Waals surface area contributed by atoms with Gasteiger partial charge in [0.2, 0.25) is 0 Å². The van der Waals surface area contributed by atoms with Crippen LogP contribution in [0.5, 0.6) is 0 Å². The first-order valence-corrected chi connectivity index (χ1v) is 7.46. The van der Waals surface area contributed by atoms with Crippen molar-refractivity contribution in [2.75, 3.05) is 7.05 Å². The van der Waals surface area contributed by atoms with Crippen LogP contribution in [0.1, 0.15) is 43.6 Å². The van der Waals surface area contributed by atoms with E-state index < -0.39 is 0 Å². The highest BCUT2D eigenvalue weighted by molar-refractivity contribution is 5.02. The topological polar surface area (TPSA) is 41.1 Å². The Morgan fingerprint density at radius 1 is 1.32 bits per heavy atom. The van der Waals surface area contributed by atoms with Gasteiger partial charge in [-0.15, -0.1) is 0 Å². The van der Waals surface area contributed by atoms with Crippen LogP contribution in [0.3, 0.4) is 0 Å². The lowest BCUT2D eigenvalue weighted by atomic mass is 9.82. The van der Waals surface area contributed by atoms with E-state index in [1.165, 1.54) is 32.1 Å². The maximum Gasteiger partial charge on any atom is 0.125 e. The van der Waals surface area contributed by atoms with Gasteiger partial charge in [0.1, 0.15) is 5.82 Å². The molecule has 0 aromatic carbocycles. The van der Waals surface area contributed by atoms with Crippen molar-refractivity contribution in [1.29, 1.82) is 0 Å². The van der Waals surface area contributed by atoms with E-state index in [4.69, 9.17) is 0 Å². The number of rotatable bonds is 3. The highest BCUT2D eigenvalue weighted by Gasteiger charge is 2.35. The number of fused-ring (bicyclic) bond motifs is 2. The fourth-order valence-corrected chi connectivity index (χ4v) is 3.63. The van der Waals surface area contributed by atoms with Crippen molar-refractivity contribution in [3.05, 3.63) is 23.8 Å². The van der Waals surface area contributed by atoms with Crippen molar-refractivity contribution in [2.45, 2.75) is 63.7 Å². The molecule has 1 aromatic rings. The van der Waals surface area contributed by atoms with E-state index in [1.807, 2.05) is 19.2 Å². The van der Waals surface area contributed by atoms with E-state index in [2.05, 4.69) is 27.2 Å². The Morgan fingerprint density at radius 2 is 2.05 bits per heavy atom. The summed E-state index contributed by atoms with van der Waals surface area (Å²) in [5, 5.41) is 3.70. The second-order valence-electron chi connectivity index (χ2n) is 6.05. The van der Waals surface area contributed by atoms with Crippen molar-refractivity contribution in [1.82, 2.24) is 20.2 Å². The number of hydrogen-bond acceptors (Lipinski definition) is 4. The van der Waals surface area contributed by atoms with Crippen LogP contribution in [0.25, 0.3) is 0 Å². The molecule has 2 unspecified atom stereocenters. The average Bonchev–Trinajstić information content (AvgIpc) is 2.37. The summed E-state index contributed by atoms with van der Waals surface area (Å²) in [7, 11) is 2.30. The molecule has 104 valence electrons. The van der Waals surface area contributed by atoms with E-state index in [1.54, 1.807) is 0 Å². The predicted molar refractivity (Wildman–Crippen MR) is 75.8 cm³/mol. The molecular weight excluding hydrogens is 236 g/mol. The van der Waals surface area contributed by atoms with E-state index in [0.29, 0.717) is 6.04 Å². The van der Waals surface area contributed by atoms with Crippen LogP contribution < -0.4 is 5.32 Å². The molecule has 0 spiro atoms. The smallest absolute Gasteiger partial charge is 0.125 e. The van der Waals surface area contributed by atoms with Crippen molar-refractivity contribution in [3.63, 3.8) is 0 Å². The van der Waals surface area contributed by atoms with E-state index in [-0.39, 0.29) is 0 Å². The molecule has 2 atom stereocenters. The first-order valence-electron chi connectivity index (χ1n) is 7.46. The summed E-state index contributed by atoms with van der Waals surface area (Å²) in [4.78, 5) is 11.2. The normalized spacial score (nSPS) is 31.4. The van der Waals surface area contributed by atoms with Crippen LogP contribution in [0.4, 0.5) is 0 Å². The van der Waals surface area contributed by atoms with Crippen molar-refractivity contribution in [3.8, 4) is 0 Å². The maximum atomic E-state index is 4.46. The van der Waals surface area contributed by atoms with Crippen molar-refractivity contribution < 1.29 is 0 Å². The van der Waals surface area contributed by atoms with E-state index in [0.717, 1.165) is 30.1 Å². The molecule has 4 nitrogen and oxygen atoms in total. The van der Waals surface area contributed by atoms with Crippen LogP contribution in [0.2, 0.25) is 0 Å². The molecule has 0 aliphatic carbocycles. The zero-order chi connectivity index (χ0) is 13.2. The van der Waals surface area contributed by atoms with Crippen molar-refractivity contribution in [2.24, 2.45) is 0 Å². The standard InChI is InChI=1S/C15H24N4/c1-11-16-7-6-12(18-11)10-17-13-8-14-4-3-5-15(9-13)19(14)2/h6-7,13-15,17H,3-5,8-10H2,1-2H3. The summed E-state index contributed by atoms with van der Waals surface area (Å²) < 4.78 is 0. The molecule has 0 amide bonds. The van der Waals surface area contributed by atoms with Crippen LogP contribution in [-0.2, 0) is 6.54 Å². The third kappa shape index (κ3) is 2.95. The molecule has 0 radical (unpaired) electrons.